The van der Waals surface area contributed by atoms with Crippen LogP contribution in [0.25, 0.3) is 0 Å². The fraction of sp³-hybridized carbons (Fsp3) is 0.389. The summed E-state index contributed by atoms with van der Waals surface area (Å²) in [5.41, 5.74) is 2.57. The van der Waals surface area contributed by atoms with Crippen molar-refractivity contribution < 1.29 is 9.90 Å². The number of aliphatic hydroxyl groups is 1. The van der Waals surface area contributed by atoms with Gasteiger partial charge >= 0.3 is 0 Å². The van der Waals surface area contributed by atoms with Crippen LogP contribution in [0.15, 0.2) is 30.3 Å². The Kier molecular flexibility index (Phi) is 5.38. The van der Waals surface area contributed by atoms with Crippen LogP contribution >= 0.6 is 0 Å². The van der Waals surface area contributed by atoms with E-state index in [4.69, 9.17) is 5.11 Å². The number of nitrogens with one attached hydrogen (secondary N) is 2. The fourth-order valence-electron chi connectivity index (χ4n) is 2.78. The Morgan fingerprint density at radius 3 is 2.79 bits per heavy atom. The number of benzene rings is 1. The highest BCUT2D eigenvalue weighted by atomic mass is 16.3. The van der Waals surface area contributed by atoms with Gasteiger partial charge in [-0.2, -0.15) is 0 Å². The maximum atomic E-state index is 12.1. The molecule has 0 atom stereocenters. The molecule has 3 N–H and O–H groups in total. The molecule has 6 heteroatoms. The number of aryl methyl sites for hydroxylation is 2. The second-order valence-corrected chi connectivity index (χ2v) is 5.81. The Hall–Kier alpha value is -2.47. The number of hydrogen-bond donors (Lipinski definition) is 3. The third-order valence-corrected chi connectivity index (χ3v) is 4.04. The molecule has 0 saturated carbocycles. The molecule has 0 spiro atoms. The van der Waals surface area contributed by atoms with Crippen LogP contribution < -0.4 is 10.6 Å². The topological polar surface area (TPSA) is 87.1 Å². The number of anilines is 1. The van der Waals surface area contributed by atoms with E-state index in [0.29, 0.717) is 37.4 Å². The van der Waals surface area contributed by atoms with E-state index >= 15 is 0 Å². The Morgan fingerprint density at radius 1 is 1.17 bits per heavy atom. The highest BCUT2D eigenvalue weighted by Gasteiger charge is 2.23. The number of rotatable bonds is 7. The van der Waals surface area contributed by atoms with Gasteiger partial charge < -0.3 is 15.7 Å². The van der Waals surface area contributed by atoms with Gasteiger partial charge in [-0.25, -0.2) is 9.97 Å². The van der Waals surface area contributed by atoms with Crippen LogP contribution in [-0.2, 0) is 19.3 Å². The Bertz CT molecular complexity index is 704. The van der Waals surface area contributed by atoms with E-state index in [9.17, 15) is 4.79 Å². The summed E-state index contributed by atoms with van der Waals surface area (Å²) in [6, 6.07) is 10.2. The molecule has 1 amide bonds. The van der Waals surface area contributed by atoms with Gasteiger partial charge in [0.15, 0.2) is 0 Å². The minimum absolute atomic E-state index is 0.127. The second kappa shape index (κ2) is 7.88. The standard InChI is InChI=1S/C18H22N4O2/c23-12-4-10-19-17-14-9-11-20-18(24)16(14)21-15(22-17)8-7-13-5-2-1-3-6-13/h1-3,5-6,23H,4,7-12H2,(H,20,24)(H,19,21,22). The average molecular weight is 326 g/mol. The maximum Gasteiger partial charge on any atom is 0.270 e. The molecule has 6 nitrogen and oxygen atoms in total. The molecule has 2 heterocycles. The number of carbonyl (C=O) groups excluding carboxylic acids is 1. The predicted octanol–water partition coefficient (Wildman–Crippen LogP) is 1.34. The maximum absolute atomic E-state index is 12.1. The van der Waals surface area contributed by atoms with Crippen molar-refractivity contribution in [2.24, 2.45) is 0 Å². The van der Waals surface area contributed by atoms with Gasteiger partial charge in [-0.05, 0) is 24.8 Å². The monoisotopic (exact) mass is 326 g/mol. The van der Waals surface area contributed by atoms with Gasteiger partial charge in [0.1, 0.15) is 17.3 Å². The van der Waals surface area contributed by atoms with Crippen LogP contribution in [0.4, 0.5) is 5.82 Å². The summed E-state index contributed by atoms with van der Waals surface area (Å²) < 4.78 is 0. The quantitative estimate of drug-likeness (QED) is 0.669. The summed E-state index contributed by atoms with van der Waals surface area (Å²) in [7, 11) is 0. The number of aliphatic hydroxyl groups excluding tert-OH is 1. The first-order valence-electron chi connectivity index (χ1n) is 8.34. The van der Waals surface area contributed by atoms with Crippen LogP contribution in [0.2, 0.25) is 0 Å². The molecule has 1 aliphatic rings. The van der Waals surface area contributed by atoms with E-state index in [0.717, 1.165) is 24.2 Å². The van der Waals surface area contributed by atoms with Crippen molar-refractivity contribution in [3.63, 3.8) is 0 Å². The summed E-state index contributed by atoms with van der Waals surface area (Å²) in [5, 5.41) is 15.0. The Morgan fingerprint density at radius 2 is 2.00 bits per heavy atom. The highest BCUT2D eigenvalue weighted by Crippen LogP contribution is 2.21. The molecular formula is C18H22N4O2. The number of carbonyl (C=O) groups is 1. The third-order valence-electron chi connectivity index (χ3n) is 4.04. The lowest BCUT2D eigenvalue weighted by molar-refractivity contribution is 0.0940. The first-order chi connectivity index (χ1) is 11.8. The average Bonchev–Trinajstić information content (AvgIpc) is 2.62. The smallest absolute Gasteiger partial charge is 0.270 e. The van der Waals surface area contributed by atoms with Gasteiger partial charge in [-0.1, -0.05) is 30.3 Å². The lowest BCUT2D eigenvalue weighted by atomic mass is 10.1. The summed E-state index contributed by atoms with van der Waals surface area (Å²) in [6.07, 6.45) is 2.88. The van der Waals surface area contributed by atoms with Crippen molar-refractivity contribution in [1.29, 1.82) is 0 Å². The van der Waals surface area contributed by atoms with E-state index < -0.39 is 0 Å². The molecule has 0 bridgehead atoms. The zero-order valence-corrected chi connectivity index (χ0v) is 13.6. The number of hydrogen-bond acceptors (Lipinski definition) is 5. The fourth-order valence-corrected chi connectivity index (χ4v) is 2.78. The second-order valence-electron chi connectivity index (χ2n) is 5.81. The van der Waals surface area contributed by atoms with Crippen molar-refractivity contribution in [1.82, 2.24) is 15.3 Å². The molecule has 1 aromatic carbocycles. The van der Waals surface area contributed by atoms with Crippen molar-refractivity contribution in [2.75, 3.05) is 25.0 Å². The van der Waals surface area contributed by atoms with E-state index in [1.54, 1.807) is 0 Å². The van der Waals surface area contributed by atoms with E-state index in [1.165, 1.54) is 5.56 Å². The third kappa shape index (κ3) is 3.89. The van der Waals surface area contributed by atoms with Crippen LogP contribution in [-0.4, -0.2) is 40.7 Å². The summed E-state index contributed by atoms with van der Waals surface area (Å²) in [6.45, 7) is 1.36. The first-order valence-corrected chi connectivity index (χ1v) is 8.34. The molecule has 1 aliphatic heterocycles. The number of fused-ring (bicyclic) bond motifs is 1. The number of nitrogens with zero attached hydrogens (tertiary/aromatic N) is 2. The van der Waals surface area contributed by atoms with Crippen molar-refractivity contribution in [3.05, 3.63) is 53.0 Å². The van der Waals surface area contributed by atoms with E-state index in [1.807, 2.05) is 18.2 Å². The molecule has 126 valence electrons. The molecule has 0 fully saturated rings. The van der Waals surface area contributed by atoms with Gasteiger partial charge in [-0.15, -0.1) is 0 Å². The highest BCUT2D eigenvalue weighted by molar-refractivity contribution is 5.95. The predicted molar refractivity (Wildman–Crippen MR) is 92.1 cm³/mol. The Balaban J connectivity index is 1.82. The van der Waals surface area contributed by atoms with Gasteiger partial charge in [0.25, 0.3) is 5.91 Å². The molecule has 0 saturated heterocycles. The molecule has 3 rings (SSSR count). The minimum atomic E-state index is -0.134. The van der Waals surface area contributed by atoms with Crippen LogP contribution in [0, 0.1) is 0 Å². The number of aromatic nitrogens is 2. The molecule has 0 unspecified atom stereocenters. The zero-order valence-electron chi connectivity index (χ0n) is 13.6. The van der Waals surface area contributed by atoms with Gasteiger partial charge in [0, 0.05) is 31.7 Å². The zero-order chi connectivity index (χ0) is 16.8. The van der Waals surface area contributed by atoms with Gasteiger partial charge in [-0.3, -0.25) is 4.79 Å². The Labute approximate surface area is 141 Å². The SMILES string of the molecule is O=C1NCCc2c(NCCCO)nc(CCc3ccccc3)nc21. The van der Waals surface area contributed by atoms with Gasteiger partial charge in [0.2, 0.25) is 0 Å². The normalized spacial score (nSPS) is 13.3. The molecule has 0 aliphatic carbocycles. The van der Waals surface area contributed by atoms with E-state index in [2.05, 4.69) is 32.7 Å². The van der Waals surface area contributed by atoms with Crippen molar-refractivity contribution in [2.45, 2.75) is 25.7 Å². The molecule has 0 radical (unpaired) electrons. The molecule has 2 aromatic rings. The summed E-state index contributed by atoms with van der Waals surface area (Å²) >= 11 is 0. The lowest BCUT2D eigenvalue weighted by Gasteiger charge is -2.20. The van der Waals surface area contributed by atoms with Crippen LogP contribution in [0.3, 0.4) is 0 Å². The van der Waals surface area contributed by atoms with Gasteiger partial charge in [0.05, 0.1) is 0 Å². The van der Waals surface area contributed by atoms with Crippen molar-refractivity contribution in [3.8, 4) is 0 Å². The molecule has 24 heavy (non-hydrogen) atoms. The van der Waals surface area contributed by atoms with Crippen molar-refractivity contribution >= 4 is 11.7 Å². The lowest BCUT2D eigenvalue weighted by Crippen LogP contribution is -2.34. The summed E-state index contributed by atoms with van der Waals surface area (Å²) in [5.74, 6) is 1.26. The minimum Gasteiger partial charge on any atom is -0.396 e. The molecule has 1 aromatic heterocycles. The largest absolute Gasteiger partial charge is 0.396 e. The van der Waals surface area contributed by atoms with Crippen LogP contribution in [0.1, 0.15) is 33.9 Å². The first kappa shape index (κ1) is 16.4. The number of amides is 1. The van der Waals surface area contributed by atoms with E-state index in [-0.39, 0.29) is 12.5 Å². The summed E-state index contributed by atoms with van der Waals surface area (Å²) in [4.78, 5) is 21.2. The van der Waals surface area contributed by atoms with Crippen LogP contribution in [0.5, 0.6) is 0 Å². The molecular weight excluding hydrogens is 304 g/mol.